The molecule has 2 saturated carbocycles. The van der Waals surface area contributed by atoms with E-state index >= 15 is 0 Å². The van der Waals surface area contributed by atoms with Gasteiger partial charge in [0.05, 0.1) is 10.1 Å². The van der Waals surface area contributed by atoms with Crippen molar-refractivity contribution >= 4 is 9.84 Å². The lowest BCUT2D eigenvalue weighted by molar-refractivity contribution is 0.296. The van der Waals surface area contributed by atoms with E-state index in [1.165, 1.54) is 6.42 Å². The Morgan fingerprint density at radius 2 is 1.71 bits per heavy atom. The van der Waals surface area contributed by atoms with Crippen molar-refractivity contribution in [3.63, 3.8) is 0 Å². The van der Waals surface area contributed by atoms with E-state index in [-0.39, 0.29) is 10.7 Å². The zero-order chi connectivity index (χ0) is 14.9. The van der Waals surface area contributed by atoms with Gasteiger partial charge < -0.3 is 5.73 Å². The third-order valence-electron chi connectivity index (χ3n) is 5.46. The Bertz CT molecular complexity index is 599. The van der Waals surface area contributed by atoms with Gasteiger partial charge in [-0.3, -0.25) is 0 Å². The van der Waals surface area contributed by atoms with Gasteiger partial charge in [0, 0.05) is 12.0 Å². The van der Waals surface area contributed by atoms with Crippen LogP contribution in [0.5, 0.6) is 0 Å². The minimum absolute atomic E-state index is 0.133. The van der Waals surface area contributed by atoms with Crippen molar-refractivity contribution in [3.8, 4) is 0 Å². The minimum Gasteiger partial charge on any atom is -0.330 e. The van der Waals surface area contributed by atoms with E-state index in [1.807, 2.05) is 18.2 Å². The predicted molar refractivity (Wildman–Crippen MR) is 85.1 cm³/mol. The Morgan fingerprint density at radius 3 is 2.29 bits per heavy atom. The lowest BCUT2D eigenvalue weighted by Gasteiger charge is -2.39. The van der Waals surface area contributed by atoms with Crippen LogP contribution in [0.3, 0.4) is 0 Å². The molecule has 0 aromatic heterocycles. The molecule has 0 spiro atoms. The molecule has 116 valence electrons. The second kappa shape index (κ2) is 5.73. The van der Waals surface area contributed by atoms with E-state index in [9.17, 15) is 8.42 Å². The maximum absolute atomic E-state index is 12.9. The smallest absolute Gasteiger partial charge is 0.181 e. The van der Waals surface area contributed by atoms with Crippen LogP contribution in [-0.4, -0.2) is 20.2 Å². The summed E-state index contributed by atoms with van der Waals surface area (Å²) in [5, 5.41) is -0.169. The van der Waals surface area contributed by atoms with Gasteiger partial charge >= 0.3 is 0 Å². The number of hydrogen-bond donors (Lipinski definition) is 1. The molecule has 0 heterocycles. The molecule has 1 aromatic carbocycles. The highest BCUT2D eigenvalue weighted by Gasteiger charge is 2.40. The fraction of sp³-hybridized carbons (Fsp3) is 0.647. The number of hydrogen-bond acceptors (Lipinski definition) is 3. The van der Waals surface area contributed by atoms with Crippen LogP contribution in [0.4, 0.5) is 0 Å². The van der Waals surface area contributed by atoms with Crippen LogP contribution in [0.25, 0.3) is 0 Å². The highest BCUT2D eigenvalue weighted by atomic mass is 32.2. The van der Waals surface area contributed by atoms with E-state index in [0.29, 0.717) is 11.4 Å². The lowest BCUT2D eigenvalue weighted by Crippen LogP contribution is -2.39. The zero-order valence-corrected chi connectivity index (χ0v) is 13.4. The molecular formula is C17H25NO2S. The number of sulfone groups is 1. The molecule has 0 saturated heterocycles. The second-order valence-electron chi connectivity index (χ2n) is 6.64. The first-order valence-corrected chi connectivity index (χ1v) is 9.68. The molecule has 2 fully saturated rings. The summed E-state index contributed by atoms with van der Waals surface area (Å²) < 4.78 is 25.8. The van der Waals surface area contributed by atoms with Gasteiger partial charge in [-0.15, -0.1) is 0 Å². The number of nitrogens with two attached hydrogens (primary N) is 1. The molecule has 0 bridgehead atoms. The van der Waals surface area contributed by atoms with Gasteiger partial charge in [0.1, 0.15) is 0 Å². The first-order valence-electron chi connectivity index (χ1n) is 8.14. The largest absolute Gasteiger partial charge is 0.330 e. The van der Waals surface area contributed by atoms with Crippen molar-refractivity contribution in [2.24, 2.45) is 5.73 Å². The number of benzene rings is 1. The summed E-state index contributed by atoms with van der Waals surface area (Å²) >= 11 is 0. The molecule has 3 rings (SSSR count). The normalized spacial score (nSPS) is 22.7. The highest BCUT2D eigenvalue weighted by molar-refractivity contribution is 7.92. The molecule has 21 heavy (non-hydrogen) atoms. The maximum Gasteiger partial charge on any atom is 0.181 e. The fourth-order valence-corrected chi connectivity index (χ4v) is 6.00. The highest BCUT2D eigenvalue weighted by Crippen LogP contribution is 2.43. The van der Waals surface area contributed by atoms with Crippen LogP contribution in [0.15, 0.2) is 29.2 Å². The standard InChI is InChI=1S/C17H25NO2S/c18-13-17(11-4-1-5-12-17)15-9-2-3-10-16(15)21(19,20)14-7-6-8-14/h2-3,9-10,14H,1,4-8,11-13,18H2. The summed E-state index contributed by atoms with van der Waals surface area (Å²) in [7, 11) is -3.19. The third-order valence-corrected chi connectivity index (χ3v) is 7.78. The van der Waals surface area contributed by atoms with Crippen LogP contribution >= 0.6 is 0 Å². The topological polar surface area (TPSA) is 60.2 Å². The van der Waals surface area contributed by atoms with Gasteiger partial charge in [-0.25, -0.2) is 8.42 Å². The first-order chi connectivity index (χ1) is 10.1. The molecule has 2 N–H and O–H groups in total. The molecule has 0 aliphatic heterocycles. The molecule has 0 radical (unpaired) electrons. The molecular weight excluding hydrogens is 282 g/mol. The van der Waals surface area contributed by atoms with Crippen LogP contribution in [0.1, 0.15) is 56.9 Å². The van der Waals surface area contributed by atoms with Crippen LogP contribution in [0, 0.1) is 0 Å². The maximum atomic E-state index is 12.9. The third kappa shape index (κ3) is 2.53. The van der Waals surface area contributed by atoms with Crippen molar-refractivity contribution in [1.29, 1.82) is 0 Å². The van der Waals surface area contributed by atoms with Crippen molar-refractivity contribution in [1.82, 2.24) is 0 Å². The first kappa shape index (κ1) is 15.0. The SMILES string of the molecule is NCC1(c2ccccc2S(=O)(=O)C2CCC2)CCCCC1. The molecule has 0 unspecified atom stereocenters. The molecule has 0 atom stereocenters. The lowest BCUT2D eigenvalue weighted by atomic mass is 9.69. The molecule has 0 amide bonds. The van der Waals surface area contributed by atoms with Gasteiger partial charge in [0.15, 0.2) is 9.84 Å². The van der Waals surface area contributed by atoms with E-state index in [4.69, 9.17) is 5.73 Å². The van der Waals surface area contributed by atoms with Crippen LogP contribution < -0.4 is 5.73 Å². The molecule has 2 aliphatic carbocycles. The van der Waals surface area contributed by atoms with Crippen molar-refractivity contribution in [2.45, 2.75) is 66.9 Å². The Morgan fingerprint density at radius 1 is 1.05 bits per heavy atom. The summed E-state index contributed by atoms with van der Waals surface area (Å²) in [6, 6.07) is 7.61. The average Bonchev–Trinajstić information content (AvgIpc) is 2.46. The minimum atomic E-state index is -3.19. The quantitative estimate of drug-likeness (QED) is 0.929. The van der Waals surface area contributed by atoms with Gasteiger partial charge in [-0.2, -0.15) is 0 Å². The Balaban J connectivity index is 2.07. The Labute approximate surface area is 127 Å². The van der Waals surface area contributed by atoms with E-state index in [1.54, 1.807) is 6.07 Å². The van der Waals surface area contributed by atoms with Gasteiger partial charge in [0.2, 0.25) is 0 Å². The monoisotopic (exact) mass is 307 g/mol. The second-order valence-corrected chi connectivity index (χ2v) is 8.84. The molecule has 4 heteroatoms. The summed E-state index contributed by atoms with van der Waals surface area (Å²) in [4.78, 5) is 0.557. The van der Waals surface area contributed by atoms with Crippen molar-refractivity contribution in [3.05, 3.63) is 29.8 Å². The predicted octanol–water partition coefficient (Wildman–Crippen LogP) is 3.17. The Hall–Kier alpha value is -0.870. The fourth-order valence-electron chi connectivity index (χ4n) is 3.83. The molecule has 2 aliphatic rings. The molecule has 1 aromatic rings. The van der Waals surface area contributed by atoms with Gasteiger partial charge in [-0.1, -0.05) is 43.9 Å². The van der Waals surface area contributed by atoms with Crippen LogP contribution in [-0.2, 0) is 15.3 Å². The zero-order valence-electron chi connectivity index (χ0n) is 12.6. The van der Waals surface area contributed by atoms with E-state index in [0.717, 1.165) is 50.5 Å². The number of rotatable bonds is 4. The average molecular weight is 307 g/mol. The van der Waals surface area contributed by atoms with Gasteiger partial charge in [0.25, 0.3) is 0 Å². The van der Waals surface area contributed by atoms with Crippen molar-refractivity contribution in [2.75, 3.05) is 6.54 Å². The summed E-state index contributed by atoms with van der Waals surface area (Å²) in [6.07, 6.45) is 8.22. The molecule has 3 nitrogen and oxygen atoms in total. The summed E-state index contributed by atoms with van der Waals surface area (Å²) in [5.74, 6) is 0. The van der Waals surface area contributed by atoms with E-state index < -0.39 is 9.84 Å². The van der Waals surface area contributed by atoms with E-state index in [2.05, 4.69) is 0 Å². The van der Waals surface area contributed by atoms with Crippen LogP contribution in [0.2, 0.25) is 0 Å². The Kier molecular flexibility index (Phi) is 4.10. The summed E-state index contributed by atoms with van der Waals surface area (Å²) in [6.45, 7) is 0.546. The van der Waals surface area contributed by atoms with Gasteiger partial charge in [-0.05, 0) is 37.3 Å². The van der Waals surface area contributed by atoms with Crippen molar-refractivity contribution < 1.29 is 8.42 Å². The summed E-state index contributed by atoms with van der Waals surface area (Å²) in [5.41, 5.74) is 6.96.